The highest BCUT2D eigenvalue weighted by Crippen LogP contribution is 2.37. The zero-order valence-electron chi connectivity index (χ0n) is 12.4. The van der Waals surface area contributed by atoms with Crippen LogP contribution >= 0.6 is 11.3 Å². The standard InChI is InChI=1S/C15H22N2O3S/c1-10(19)16-8-11-5-6-12(21-11)14(20)17-13-4-3-7-15(13,2)9-18/h5-6,13,18H,3-4,7-9H2,1-2H3,(H,16,19)(H,17,20). The minimum atomic E-state index is -0.216. The molecule has 0 bridgehead atoms. The molecule has 1 aliphatic carbocycles. The first-order valence-corrected chi connectivity index (χ1v) is 8.01. The summed E-state index contributed by atoms with van der Waals surface area (Å²) >= 11 is 1.38. The number of carbonyl (C=O) groups excluding carboxylic acids is 2. The van der Waals surface area contributed by atoms with Crippen LogP contribution in [0.4, 0.5) is 0 Å². The number of aliphatic hydroxyl groups is 1. The normalized spacial score (nSPS) is 24.8. The fourth-order valence-corrected chi connectivity index (χ4v) is 3.55. The van der Waals surface area contributed by atoms with Crippen LogP contribution in [0, 0.1) is 5.41 Å². The molecule has 1 heterocycles. The lowest BCUT2D eigenvalue weighted by Crippen LogP contribution is -2.44. The van der Waals surface area contributed by atoms with Gasteiger partial charge in [0, 0.05) is 23.3 Å². The average molecular weight is 310 g/mol. The highest BCUT2D eigenvalue weighted by molar-refractivity contribution is 7.14. The first kappa shape index (κ1) is 16.0. The molecule has 0 aromatic carbocycles. The van der Waals surface area contributed by atoms with Crippen molar-refractivity contribution in [1.29, 1.82) is 0 Å². The van der Waals surface area contributed by atoms with Crippen molar-refractivity contribution in [2.75, 3.05) is 6.61 Å². The van der Waals surface area contributed by atoms with E-state index in [2.05, 4.69) is 10.6 Å². The van der Waals surface area contributed by atoms with Gasteiger partial charge in [-0.25, -0.2) is 0 Å². The Morgan fingerprint density at radius 3 is 2.90 bits per heavy atom. The number of hydrogen-bond acceptors (Lipinski definition) is 4. The second kappa shape index (κ2) is 6.58. The van der Waals surface area contributed by atoms with Crippen LogP contribution in [-0.2, 0) is 11.3 Å². The molecule has 2 amide bonds. The van der Waals surface area contributed by atoms with Crippen LogP contribution in [0.15, 0.2) is 12.1 Å². The molecule has 1 saturated carbocycles. The molecule has 0 aliphatic heterocycles. The lowest BCUT2D eigenvalue weighted by atomic mass is 9.86. The summed E-state index contributed by atoms with van der Waals surface area (Å²) in [5.41, 5.74) is -0.216. The van der Waals surface area contributed by atoms with E-state index in [-0.39, 0.29) is 29.9 Å². The van der Waals surface area contributed by atoms with Gasteiger partial charge in [0.2, 0.25) is 5.91 Å². The minimum Gasteiger partial charge on any atom is -0.396 e. The molecule has 3 N–H and O–H groups in total. The van der Waals surface area contributed by atoms with E-state index in [0.717, 1.165) is 24.1 Å². The molecule has 1 aromatic heterocycles. The van der Waals surface area contributed by atoms with Crippen molar-refractivity contribution in [1.82, 2.24) is 10.6 Å². The van der Waals surface area contributed by atoms with E-state index in [0.29, 0.717) is 11.4 Å². The fourth-order valence-electron chi connectivity index (χ4n) is 2.70. The number of nitrogens with one attached hydrogen (secondary N) is 2. The molecule has 1 fully saturated rings. The van der Waals surface area contributed by atoms with Crippen LogP contribution in [0.25, 0.3) is 0 Å². The van der Waals surface area contributed by atoms with Gasteiger partial charge in [-0.15, -0.1) is 11.3 Å². The van der Waals surface area contributed by atoms with Gasteiger partial charge in [0.25, 0.3) is 5.91 Å². The molecular formula is C15H22N2O3S. The smallest absolute Gasteiger partial charge is 0.261 e. The number of amides is 2. The van der Waals surface area contributed by atoms with Gasteiger partial charge in [0.15, 0.2) is 0 Å². The summed E-state index contributed by atoms with van der Waals surface area (Å²) in [5, 5.41) is 15.3. The Bertz CT molecular complexity index is 529. The van der Waals surface area contributed by atoms with E-state index < -0.39 is 0 Å². The number of hydrogen-bond donors (Lipinski definition) is 3. The molecule has 6 heteroatoms. The molecule has 1 aliphatic rings. The summed E-state index contributed by atoms with van der Waals surface area (Å²) in [7, 11) is 0. The molecule has 1 aromatic rings. The van der Waals surface area contributed by atoms with Crippen molar-refractivity contribution in [3.63, 3.8) is 0 Å². The second-order valence-electron chi connectivity index (χ2n) is 5.91. The molecule has 5 nitrogen and oxygen atoms in total. The Hall–Kier alpha value is -1.40. The first-order valence-electron chi connectivity index (χ1n) is 7.19. The van der Waals surface area contributed by atoms with Gasteiger partial charge in [0.1, 0.15) is 0 Å². The lowest BCUT2D eigenvalue weighted by Gasteiger charge is -2.29. The van der Waals surface area contributed by atoms with Crippen molar-refractivity contribution in [3.8, 4) is 0 Å². The van der Waals surface area contributed by atoms with E-state index in [1.54, 1.807) is 6.07 Å². The van der Waals surface area contributed by atoms with E-state index in [9.17, 15) is 14.7 Å². The molecule has 116 valence electrons. The summed E-state index contributed by atoms with van der Waals surface area (Å²) in [6, 6.07) is 3.66. The van der Waals surface area contributed by atoms with Crippen molar-refractivity contribution >= 4 is 23.2 Å². The summed E-state index contributed by atoms with van der Waals surface area (Å²) < 4.78 is 0. The molecule has 21 heavy (non-hydrogen) atoms. The zero-order chi connectivity index (χ0) is 15.5. The molecule has 2 atom stereocenters. The van der Waals surface area contributed by atoms with Gasteiger partial charge < -0.3 is 15.7 Å². The summed E-state index contributed by atoms with van der Waals surface area (Å²) in [5.74, 6) is -0.181. The topological polar surface area (TPSA) is 78.4 Å². The van der Waals surface area contributed by atoms with Crippen molar-refractivity contribution in [3.05, 3.63) is 21.9 Å². The van der Waals surface area contributed by atoms with E-state index in [4.69, 9.17) is 0 Å². The van der Waals surface area contributed by atoms with Gasteiger partial charge >= 0.3 is 0 Å². The predicted octanol–water partition coefficient (Wildman–Crippen LogP) is 1.67. The van der Waals surface area contributed by atoms with E-state index in [1.807, 2.05) is 13.0 Å². The van der Waals surface area contributed by atoms with Crippen LogP contribution in [0.1, 0.15) is 47.7 Å². The molecule has 0 spiro atoms. The SMILES string of the molecule is CC(=O)NCc1ccc(C(=O)NC2CCCC2(C)CO)s1. The Labute approximate surface area is 128 Å². The number of thiophene rings is 1. The quantitative estimate of drug-likeness (QED) is 0.774. The Balaban J connectivity index is 1.96. The molecule has 2 rings (SSSR count). The zero-order valence-corrected chi connectivity index (χ0v) is 13.3. The van der Waals surface area contributed by atoms with Crippen LogP contribution in [-0.4, -0.2) is 29.6 Å². The summed E-state index contributed by atoms with van der Waals surface area (Å²) in [6.45, 7) is 4.03. The van der Waals surface area contributed by atoms with Crippen molar-refractivity contribution in [2.45, 2.75) is 45.7 Å². The second-order valence-corrected chi connectivity index (χ2v) is 7.07. The third-order valence-electron chi connectivity index (χ3n) is 4.15. The largest absolute Gasteiger partial charge is 0.396 e. The number of rotatable bonds is 5. The molecule has 0 saturated heterocycles. The summed E-state index contributed by atoms with van der Waals surface area (Å²) in [4.78, 5) is 24.8. The van der Waals surface area contributed by atoms with Crippen LogP contribution < -0.4 is 10.6 Å². The highest BCUT2D eigenvalue weighted by Gasteiger charge is 2.39. The van der Waals surface area contributed by atoms with E-state index >= 15 is 0 Å². The molecule has 0 radical (unpaired) electrons. The van der Waals surface area contributed by atoms with Gasteiger partial charge in [-0.2, -0.15) is 0 Å². The average Bonchev–Trinajstić information content (AvgIpc) is 3.05. The van der Waals surface area contributed by atoms with Gasteiger partial charge in [-0.1, -0.05) is 13.3 Å². The maximum absolute atomic E-state index is 12.3. The number of aliphatic hydroxyl groups excluding tert-OH is 1. The molecule has 2 unspecified atom stereocenters. The van der Waals surface area contributed by atoms with Gasteiger partial charge in [-0.05, 0) is 25.0 Å². The van der Waals surface area contributed by atoms with E-state index in [1.165, 1.54) is 18.3 Å². The summed E-state index contributed by atoms with van der Waals surface area (Å²) in [6.07, 6.45) is 2.87. The van der Waals surface area contributed by atoms with Crippen LogP contribution in [0.2, 0.25) is 0 Å². The van der Waals surface area contributed by atoms with Crippen LogP contribution in [0.3, 0.4) is 0 Å². The number of carbonyl (C=O) groups is 2. The third kappa shape index (κ3) is 3.83. The first-order chi connectivity index (χ1) is 9.94. The monoisotopic (exact) mass is 310 g/mol. The maximum atomic E-state index is 12.3. The third-order valence-corrected chi connectivity index (χ3v) is 5.23. The van der Waals surface area contributed by atoms with Gasteiger partial charge in [-0.3, -0.25) is 9.59 Å². The predicted molar refractivity (Wildman–Crippen MR) is 82.1 cm³/mol. The minimum absolute atomic E-state index is 0.0240. The Kier molecular flexibility index (Phi) is 5.00. The fraction of sp³-hybridized carbons (Fsp3) is 0.600. The van der Waals surface area contributed by atoms with Crippen molar-refractivity contribution < 1.29 is 14.7 Å². The van der Waals surface area contributed by atoms with Gasteiger partial charge in [0.05, 0.1) is 18.0 Å². The highest BCUT2D eigenvalue weighted by atomic mass is 32.1. The molecular weight excluding hydrogens is 288 g/mol. The van der Waals surface area contributed by atoms with Crippen molar-refractivity contribution in [2.24, 2.45) is 5.41 Å². The Morgan fingerprint density at radius 1 is 1.48 bits per heavy atom. The maximum Gasteiger partial charge on any atom is 0.261 e. The lowest BCUT2D eigenvalue weighted by molar-refractivity contribution is -0.119. The van der Waals surface area contributed by atoms with Crippen LogP contribution in [0.5, 0.6) is 0 Å². The Morgan fingerprint density at radius 2 is 2.24 bits per heavy atom.